The first-order valence-corrected chi connectivity index (χ1v) is 2.97. The Bertz CT molecular complexity index is 342. The lowest BCUT2D eigenvalue weighted by molar-refractivity contribution is 0.0965. The maximum absolute atomic E-state index is 10.7. The molecule has 7 nitrogen and oxygen atoms in total. The number of aromatic amines is 1. The average Bonchev–Trinajstić information content (AvgIpc) is 2.30. The van der Waals surface area contributed by atoms with E-state index in [-0.39, 0.29) is 17.1 Å². The molecule has 64 valence electrons. The highest BCUT2D eigenvalue weighted by molar-refractivity contribution is 6.07. The van der Waals surface area contributed by atoms with Crippen LogP contribution in [-0.2, 0) is 0 Å². The molecule has 0 unspecified atom stereocenters. The second-order valence-corrected chi connectivity index (χ2v) is 2.09. The Morgan fingerprint density at radius 2 is 1.83 bits per heavy atom. The van der Waals surface area contributed by atoms with Crippen molar-refractivity contribution in [3.05, 3.63) is 11.3 Å². The lowest BCUT2D eigenvalue weighted by Crippen LogP contribution is -2.20. The van der Waals surface area contributed by atoms with Crippen molar-refractivity contribution >= 4 is 17.6 Å². The van der Waals surface area contributed by atoms with Crippen LogP contribution in [0.15, 0.2) is 0 Å². The Hall–Kier alpha value is -2.05. The number of nitrogens with two attached hydrogens (primary N) is 3. The topological polar surface area (TPSA) is 141 Å². The Balaban J connectivity index is 3.31. The summed E-state index contributed by atoms with van der Waals surface area (Å²) in [4.78, 5) is 21.3. The average molecular weight is 169 g/mol. The molecule has 0 fully saturated rings. The van der Waals surface area contributed by atoms with Gasteiger partial charge < -0.3 is 17.2 Å². The molecule has 0 saturated carbocycles. The highest BCUT2D eigenvalue weighted by atomic mass is 16.2. The van der Waals surface area contributed by atoms with Crippen molar-refractivity contribution in [3.8, 4) is 0 Å². The highest BCUT2D eigenvalue weighted by Crippen LogP contribution is 2.10. The SMILES string of the molecule is NC(=O)c1[nH]nc(N)c1C(N)=O. The van der Waals surface area contributed by atoms with E-state index in [1.807, 2.05) is 0 Å². The first kappa shape index (κ1) is 8.05. The molecule has 0 aliphatic rings. The summed E-state index contributed by atoms with van der Waals surface area (Å²) >= 11 is 0. The van der Waals surface area contributed by atoms with Crippen LogP contribution in [0.3, 0.4) is 0 Å². The van der Waals surface area contributed by atoms with Gasteiger partial charge in [0.2, 0.25) is 0 Å². The van der Waals surface area contributed by atoms with E-state index in [0.717, 1.165) is 0 Å². The molecule has 7 heteroatoms. The van der Waals surface area contributed by atoms with Gasteiger partial charge in [-0.2, -0.15) is 5.10 Å². The van der Waals surface area contributed by atoms with Crippen molar-refractivity contribution in [2.45, 2.75) is 0 Å². The van der Waals surface area contributed by atoms with Crippen LogP contribution in [0.4, 0.5) is 5.82 Å². The van der Waals surface area contributed by atoms with Gasteiger partial charge in [0, 0.05) is 0 Å². The lowest BCUT2D eigenvalue weighted by Gasteiger charge is -1.93. The standard InChI is InChI=1S/C5H7N5O2/c6-3-1(4(7)11)2(5(8)12)9-10-3/h(H2,7,11)(H2,8,12)(H3,6,9,10). The number of hydrogen-bond acceptors (Lipinski definition) is 4. The summed E-state index contributed by atoms with van der Waals surface area (Å²) in [6.07, 6.45) is 0. The van der Waals surface area contributed by atoms with E-state index in [9.17, 15) is 9.59 Å². The zero-order valence-electron chi connectivity index (χ0n) is 6.00. The highest BCUT2D eigenvalue weighted by Gasteiger charge is 2.19. The predicted molar refractivity (Wildman–Crippen MR) is 40.0 cm³/mol. The van der Waals surface area contributed by atoms with Crippen LogP contribution in [0.5, 0.6) is 0 Å². The smallest absolute Gasteiger partial charge is 0.267 e. The predicted octanol–water partition coefficient (Wildman–Crippen LogP) is -1.81. The number of amides is 2. The van der Waals surface area contributed by atoms with Gasteiger partial charge in [0.25, 0.3) is 11.8 Å². The van der Waals surface area contributed by atoms with Crippen LogP contribution in [0.25, 0.3) is 0 Å². The van der Waals surface area contributed by atoms with Gasteiger partial charge in [-0.25, -0.2) is 0 Å². The van der Waals surface area contributed by atoms with Crippen LogP contribution >= 0.6 is 0 Å². The van der Waals surface area contributed by atoms with Crippen molar-refractivity contribution < 1.29 is 9.59 Å². The molecular weight excluding hydrogens is 162 g/mol. The monoisotopic (exact) mass is 169 g/mol. The molecule has 12 heavy (non-hydrogen) atoms. The Labute approximate surface area is 66.9 Å². The van der Waals surface area contributed by atoms with Gasteiger partial charge in [-0.15, -0.1) is 0 Å². The third kappa shape index (κ3) is 1.07. The van der Waals surface area contributed by atoms with Gasteiger partial charge in [-0.1, -0.05) is 0 Å². The molecule has 0 radical (unpaired) electrons. The van der Waals surface area contributed by atoms with Crippen molar-refractivity contribution in [3.63, 3.8) is 0 Å². The van der Waals surface area contributed by atoms with Gasteiger partial charge in [-0.05, 0) is 0 Å². The normalized spacial score (nSPS) is 9.67. The number of nitrogen functional groups attached to an aromatic ring is 1. The minimum Gasteiger partial charge on any atom is -0.382 e. The fourth-order valence-corrected chi connectivity index (χ4v) is 0.784. The number of nitrogens with zero attached hydrogens (tertiary/aromatic N) is 1. The third-order valence-corrected chi connectivity index (χ3v) is 1.29. The summed E-state index contributed by atoms with van der Waals surface area (Å²) in [5.41, 5.74) is 14.7. The van der Waals surface area contributed by atoms with Crippen LogP contribution in [-0.4, -0.2) is 22.0 Å². The van der Waals surface area contributed by atoms with Gasteiger partial charge >= 0.3 is 0 Å². The second kappa shape index (κ2) is 2.53. The Kier molecular flexibility index (Phi) is 1.70. The fourth-order valence-electron chi connectivity index (χ4n) is 0.784. The number of primary amides is 2. The van der Waals surface area contributed by atoms with E-state index in [1.54, 1.807) is 0 Å². The first-order chi connectivity index (χ1) is 5.54. The van der Waals surface area contributed by atoms with E-state index >= 15 is 0 Å². The third-order valence-electron chi connectivity index (χ3n) is 1.29. The molecule has 0 spiro atoms. The summed E-state index contributed by atoms with van der Waals surface area (Å²) in [6.45, 7) is 0. The zero-order valence-corrected chi connectivity index (χ0v) is 6.00. The minimum absolute atomic E-state index is 0.128. The Morgan fingerprint density at radius 1 is 1.25 bits per heavy atom. The van der Waals surface area contributed by atoms with E-state index in [4.69, 9.17) is 17.2 Å². The van der Waals surface area contributed by atoms with Crippen LogP contribution in [0, 0.1) is 0 Å². The molecule has 0 atom stereocenters. The van der Waals surface area contributed by atoms with Crippen molar-refractivity contribution in [2.75, 3.05) is 5.73 Å². The number of nitrogens with one attached hydrogen (secondary N) is 1. The quantitative estimate of drug-likeness (QED) is 0.414. The molecule has 0 aliphatic heterocycles. The van der Waals surface area contributed by atoms with E-state index in [1.165, 1.54) is 0 Å². The summed E-state index contributed by atoms with van der Waals surface area (Å²) in [5, 5.41) is 5.61. The number of aromatic nitrogens is 2. The van der Waals surface area contributed by atoms with Crippen LogP contribution in [0.2, 0.25) is 0 Å². The summed E-state index contributed by atoms with van der Waals surface area (Å²) < 4.78 is 0. The molecule has 0 saturated heterocycles. The molecule has 7 N–H and O–H groups in total. The molecule has 1 aromatic heterocycles. The van der Waals surface area contributed by atoms with E-state index < -0.39 is 11.8 Å². The van der Waals surface area contributed by atoms with E-state index in [2.05, 4.69) is 10.2 Å². The second-order valence-electron chi connectivity index (χ2n) is 2.09. The van der Waals surface area contributed by atoms with Crippen LogP contribution < -0.4 is 17.2 Å². The molecule has 0 bridgehead atoms. The molecule has 1 heterocycles. The molecule has 0 aromatic carbocycles. The van der Waals surface area contributed by atoms with Gasteiger partial charge in [0.15, 0.2) is 5.82 Å². The van der Waals surface area contributed by atoms with Gasteiger partial charge in [0.05, 0.1) is 0 Å². The summed E-state index contributed by atoms with van der Waals surface area (Å²) in [6, 6.07) is 0. The van der Waals surface area contributed by atoms with Crippen molar-refractivity contribution in [1.29, 1.82) is 0 Å². The number of carbonyl (C=O) groups excluding carboxylic acids is 2. The largest absolute Gasteiger partial charge is 0.382 e. The number of carbonyl (C=O) groups is 2. The van der Waals surface area contributed by atoms with Crippen LogP contribution in [0.1, 0.15) is 20.8 Å². The zero-order chi connectivity index (χ0) is 9.30. The summed E-state index contributed by atoms with van der Waals surface area (Å²) in [7, 11) is 0. The Morgan fingerprint density at radius 3 is 2.17 bits per heavy atom. The number of anilines is 1. The molecular formula is C5H7N5O2. The maximum Gasteiger partial charge on any atom is 0.267 e. The van der Waals surface area contributed by atoms with Crippen molar-refractivity contribution in [2.24, 2.45) is 11.5 Å². The maximum atomic E-state index is 10.7. The number of H-pyrrole nitrogens is 1. The molecule has 0 aliphatic carbocycles. The van der Waals surface area contributed by atoms with Crippen molar-refractivity contribution in [1.82, 2.24) is 10.2 Å². The number of hydrogen-bond donors (Lipinski definition) is 4. The molecule has 1 rings (SSSR count). The van der Waals surface area contributed by atoms with Gasteiger partial charge in [-0.3, -0.25) is 14.7 Å². The molecule has 2 amide bonds. The summed E-state index contributed by atoms with van der Waals surface area (Å²) in [5.74, 6) is -1.79. The van der Waals surface area contributed by atoms with E-state index in [0.29, 0.717) is 0 Å². The first-order valence-electron chi connectivity index (χ1n) is 2.97. The fraction of sp³-hybridized carbons (Fsp3) is 0. The lowest BCUT2D eigenvalue weighted by atomic mass is 10.2. The number of rotatable bonds is 2. The van der Waals surface area contributed by atoms with Gasteiger partial charge in [0.1, 0.15) is 11.3 Å². The minimum atomic E-state index is -0.838. The molecule has 1 aromatic rings.